The van der Waals surface area contributed by atoms with E-state index in [-0.39, 0.29) is 12.3 Å². The van der Waals surface area contributed by atoms with Crippen LogP contribution in [0.25, 0.3) is 22.1 Å². The normalized spacial score (nSPS) is 13.6. The van der Waals surface area contributed by atoms with Gasteiger partial charge in [0.05, 0.1) is 23.7 Å². The largest absolute Gasteiger partial charge is 0.352 e. The molecule has 7 heteroatoms. The molecule has 0 N–H and O–H groups in total. The number of fused-ring (bicyclic) bond motifs is 2. The Morgan fingerprint density at radius 3 is 2.00 bits per heavy atom. The van der Waals surface area contributed by atoms with E-state index in [2.05, 4.69) is 39.7 Å². The maximum absolute atomic E-state index is 6.36. The van der Waals surface area contributed by atoms with Crippen molar-refractivity contribution in [3.05, 3.63) is 84.4 Å². The van der Waals surface area contributed by atoms with E-state index in [0.717, 1.165) is 27.6 Å². The minimum absolute atomic E-state index is 0.0566. The number of para-hydroxylation sites is 2. The molecule has 2 atom stereocenters. The highest BCUT2D eigenvalue weighted by Gasteiger charge is 2.22. The van der Waals surface area contributed by atoms with Crippen LogP contribution in [0.3, 0.4) is 0 Å². The first-order valence-corrected chi connectivity index (χ1v) is 10.0. The zero-order valence-corrected chi connectivity index (χ0v) is 16.7. The highest BCUT2D eigenvalue weighted by molar-refractivity contribution is 5.74. The summed E-state index contributed by atoms with van der Waals surface area (Å²) < 4.78 is 10.2. The van der Waals surface area contributed by atoms with Gasteiger partial charge in [0.2, 0.25) is 0 Å². The van der Waals surface area contributed by atoms with Gasteiger partial charge in [0.25, 0.3) is 0 Å². The van der Waals surface area contributed by atoms with Crippen molar-refractivity contribution in [2.75, 3.05) is 0 Å². The number of aromatic nitrogens is 6. The quantitative estimate of drug-likeness (QED) is 0.402. The molecule has 0 spiro atoms. The topological polar surface area (TPSA) is 70.7 Å². The van der Waals surface area contributed by atoms with E-state index in [4.69, 9.17) is 4.74 Å². The first-order valence-electron chi connectivity index (χ1n) is 10.0. The van der Waals surface area contributed by atoms with Gasteiger partial charge in [-0.1, -0.05) is 65.0 Å². The maximum atomic E-state index is 6.36. The van der Waals surface area contributed by atoms with Crippen LogP contribution >= 0.6 is 0 Å². The van der Waals surface area contributed by atoms with E-state index in [1.807, 2.05) is 76.1 Å². The lowest BCUT2D eigenvalue weighted by Gasteiger charge is -2.22. The van der Waals surface area contributed by atoms with E-state index in [1.54, 1.807) is 0 Å². The van der Waals surface area contributed by atoms with Crippen molar-refractivity contribution >= 4 is 22.1 Å². The molecule has 2 heterocycles. The fraction of sp³-hybridized carbons (Fsp3) is 0.217. The monoisotopic (exact) mass is 398 g/mol. The fourth-order valence-corrected chi connectivity index (χ4v) is 3.71. The lowest BCUT2D eigenvalue weighted by Crippen LogP contribution is -2.20. The molecule has 2 aromatic heterocycles. The second-order valence-corrected chi connectivity index (χ2v) is 7.38. The van der Waals surface area contributed by atoms with Crippen molar-refractivity contribution in [1.82, 2.24) is 30.0 Å². The van der Waals surface area contributed by atoms with Crippen LogP contribution in [0.15, 0.2) is 78.9 Å². The number of rotatable bonds is 7. The molecule has 0 aliphatic heterocycles. The zero-order valence-electron chi connectivity index (χ0n) is 16.7. The molecule has 5 rings (SSSR count). The van der Waals surface area contributed by atoms with Crippen LogP contribution in [-0.2, 0) is 11.3 Å². The van der Waals surface area contributed by atoms with E-state index in [0.29, 0.717) is 13.0 Å². The van der Waals surface area contributed by atoms with Crippen molar-refractivity contribution in [3.8, 4) is 0 Å². The Morgan fingerprint density at radius 2 is 1.30 bits per heavy atom. The minimum Gasteiger partial charge on any atom is -0.352 e. The van der Waals surface area contributed by atoms with Crippen LogP contribution in [0.1, 0.15) is 31.2 Å². The summed E-state index contributed by atoms with van der Waals surface area (Å²) in [6.45, 7) is 2.61. The number of nitrogens with zero attached hydrogens (tertiary/aromatic N) is 6. The van der Waals surface area contributed by atoms with Crippen molar-refractivity contribution < 1.29 is 4.74 Å². The van der Waals surface area contributed by atoms with E-state index in [1.165, 1.54) is 0 Å². The average molecular weight is 398 g/mol. The summed E-state index contributed by atoms with van der Waals surface area (Å²) in [6.07, 6.45) is 0.378. The zero-order chi connectivity index (χ0) is 20.3. The summed E-state index contributed by atoms with van der Waals surface area (Å²) in [6, 6.07) is 26.1. The molecular weight excluding hydrogens is 376 g/mol. The molecule has 150 valence electrons. The van der Waals surface area contributed by atoms with Crippen molar-refractivity contribution in [3.63, 3.8) is 0 Å². The molecule has 0 radical (unpaired) electrons. The lowest BCUT2D eigenvalue weighted by molar-refractivity contribution is -0.0296. The van der Waals surface area contributed by atoms with Gasteiger partial charge in [0.1, 0.15) is 11.0 Å². The van der Waals surface area contributed by atoms with E-state index < -0.39 is 0 Å². The van der Waals surface area contributed by atoms with Gasteiger partial charge in [0, 0.05) is 6.42 Å². The molecule has 0 aliphatic rings. The summed E-state index contributed by atoms with van der Waals surface area (Å²) in [5.41, 5.74) is 4.81. The predicted octanol–water partition coefficient (Wildman–Crippen LogP) is 4.54. The third-order valence-electron chi connectivity index (χ3n) is 5.27. The molecule has 0 amide bonds. The van der Waals surface area contributed by atoms with Crippen LogP contribution in [0.4, 0.5) is 0 Å². The average Bonchev–Trinajstić information content (AvgIpc) is 3.42. The molecule has 0 unspecified atom stereocenters. The molecular formula is C23H22N6O. The first-order chi connectivity index (χ1) is 14.8. The van der Waals surface area contributed by atoms with Crippen molar-refractivity contribution in [2.45, 2.75) is 32.2 Å². The third-order valence-corrected chi connectivity index (χ3v) is 5.27. The van der Waals surface area contributed by atoms with E-state index in [9.17, 15) is 0 Å². The Morgan fingerprint density at radius 1 is 0.733 bits per heavy atom. The van der Waals surface area contributed by atoms with Crippen LogP contribution in [0.2, 0.25) is 0 Å². The number of ether oxygens (including phenoxy) is 1. The Labute approximate surface area is 173 Å². The molecule has 0 saturated heterocycles. The van der Waals surface area contributed by atoms with Gasteiger partial charge in [-0.25, -0.2) is 9.36 Å². The van der Waals surface area contributed by atoms with Gasteiger partial charge in [-0.3, -0.25) is 0 Å². The minimum atomic E-state index is -0.296. The molecule has 0 fully saturated rings. The smallest absolute Gasteiger partial charge is 0.155 e. The summed E-state index contributed by atoms with van der Waals surface area (Å²) >= 11 is 0. The second-order valence-electron chi connectivity index (χ2n) is 7.38. The number of hydrogen-bond donors (Lipinski definition) is 0. The Bertz CT molecular complexity index is 1260. The van der Waals surface area contributed by atoms with Crippen LogP contribution in [-0.4, -0.2) is 30.0 Å². The van der Waals surface area contributed by atoms with Gasteiger partial charge in [-0.15, -0.1) is 10.2 Å². The van der Waals surface area contributed by atoms with Gasteiger partial charge < -0.3 is 4.74 Å². The maximum Gasteiger partial charge on any atom is 0.155 e. The highest BCUT2D eigenvalue weighted by Crippen LogP contribution is 2.27. The standard InChI is InChI=1S/C23H22N6O/c1-17(28-21-13-7-5-11-19(21)24-26-28)15-23(30-16-18-9-3-2-4-10-18)29-22-14-8-6-12-20(22)25-27-29/h2-14,17,23H,15-16H2,1H3/t17-,23-/m0/s1. The Kier molecular flexibility index (Phi) is 4.94. The molecule has 0 saturated carbocycles. The van der Waals surface area contributed by atoms with Crippen LogP contribution < -0.4 is 0 Å². The molecule has 7 nitrogen and oxygen atoms in total. The van der Waals surface area contributed by atoms with Gasteiger partial charge in [-0.2, -0.15) is 0 Å². The molecule has 0 bridgehead atoms. The Hall–Kier alpha value is -3.58. The molecule has 0 aliphatic carbocycles. The Balaban J connectivity index is 1.45. The highest BCUT2D eigenvalue weighted by atomic mass is 16.5. The second kappa shape index (κ2) is 8.04. The summed E-state index contributed by atoms with van der Waals surface area (Å²) in [7, 11) is 0. The summed E-state index contributed by atoms with van der Waals surface area (Å²) in [5.74, 6) is 0. The SMILES string of the molecule is C[C@@H](C[C@H](OCc1ccccc1)n1nnc2ccccc21)n1nnc2ccccc21. The fourth-order valence-electron chi connectivity index (χ4n) is 3.71. The van der Waals surface area contributed by atoms with Gasteiger partial charge >= 0.3 is 0 Å². The summed E-state index contributed by atoms with van der Waals surface area (Å²) in [4.78, 5) is 0. The number of hydrogen-bond acceptors (Lipinski definition) is 5. The molecule has 30 heavy (non-hydrogen) atoms. The van der Waals surface area contributed by atoms with Crippen LogP contribution in [0, 0.1) is 0 Å². The van der Waals surface area contributed by atoms with Crippen molar-refractivity contribution in [2.24, 2.45) is 0 Å². The van der Waals surface area contributed by atoms with Gasteiger partial charge in [0.15, 0.2) is 6.23 Å². The predicted molar refractivity (Wildman–Crippen MR) is 115 cm³/mol. The third kappa shape index (κ3) is 3.55. The van der Waals surface area contributed by atoms with Gasteiger partial charge in [-0.05, 0) is 36.8 Å². The van der Waals surface area contributed by atoms with E-state index >= 15 is 0 Å². The number of benzene rings is 3. The van der Waals surface area contributed by atoms with Crippen molar-refractivity contribution in [1.29, 1.82) is 0 Å². The van der Waals surface area contributed by atoms with Crippen LogP contribution in [0.5, 0.6) is 0 Å². The first kappa shape index (κ1) is 18.4. The molecule has 5 aromatic rings. The summed E-state index contributed by atoms with van der Waals surface area (Å²) in [5, 5.41) is 17.4. The lowest BCUT2D eigenvalue weighted by atomic mass is 10.2. The molecule has 3 aromatic carbocycles.